The first-order valence-corrected chi connectivity index (χ1v) is 9.89. The number of hydrogen-bond donors (Lipinski definition) is 2. The van der Waals surface area contributed by atoms with E-state index in [9.17, 15) is 15.0 Å². The van der Waals surface area contributed by atoms with Crippen LogP contribution in [0.4, 0.5) is 0 Å². The van der Waals surface area contributed by atoms with Gasteiger partial charge in [-0.2, -0.15) is 5.10 Å². The Balaban J connectivity index is 1.77. The number of rotatable bonds is 5. The van der Waals surface area contributed by atoms with E-state index >= 15 is 0 Å². The molecule has 4 rings (SSSR count). The lowest BCUT2D eigenvalue weighted by molar-refractivity contribution is -0.139. The molecule has 0 saturated heterocycles. The van der Waals surface area contributed by atoms with Gasteiger partial charge in [-0.05, 0) is 23.9 Å². The van der Waals surface area contributed by atoms with Gasteiger partial charge in [0.1, 0.15) is 5.71 Å². The molecule has 8 heteroatoms. The molecule has 0 radical (unpaired) electrons. The van der Waals surface area contributed by atoms with Crippen molar-refractivity contribution in [1.29, 1.82) is 0 Å². The zero-order valence-electron chi connectivity index (χ0n) is 15.0. The summed E-state index contributed by atoms with van der Waals surface area (Å²) in [5.41, 5.74) is 2.80. The first kappa shape index (κ1) is 19.0. The van der Waals surface area contributed by atoms with Crippen LogP contribution in [-0.2, 0) is 4.79 Å². The second kappa shape index (κ2) is 7.94. The maximum Gasteiger partial charge on any atom is 0.331 e. The van der Waals surface area contributed by atoms with Gasteiger partial charge < -0.3 is 10.2 Å². The Labute approximate surface area is 175 Å². The maximum atomic E-state index is 12.0. The Kier molecular flexibility index (Phi) is 5.20. The third kappa shape index (κ3) is 3.67. The molecule has 3 aromatic rings. The standard InChI is InChI=1S/C21H15N3O3S2/c25-19-16(11-15-12-22-23-17(15)13-7-3-1-4-8-13)29-21(28)24(19)18(20(26)27)14-9-5-2-6-10-14/h1-12,18,25H,(H,26,27). The van der Waals surface area contributed by atoms with Gasteiger partial charge >= 0.3 is 5.97 Å². The summed E-state index contributed by atoms with van der Waals surface area (Å²) in [6, 6.07) is 17.1. The molecule has 0 aliphatic carbocycles. The summed E-state index contributed by atoms with van der Waals surface area (Å²) >= 11 is 6.52. The third-order valence-electron chi connectivity index (χ3n) is 4.41. The number of carboxylic acid groups (broad SMARTS) is 1. The summed E-state index contributed by atoms with van der Waals surface area (Å²) < 4.78 is 1.52. The SMILES string of the molecule is O=C(O)C(c1ccccc1)n1c(O)c(C=C2C=NN=C2c2ccccc2)sc1=S. The van der Waals surface area contributed by atoms with Crippen molar-refractivity contribution in [3.05, 3.63) is 86.2 Å². The first-order valence-electron chi connectivity index (χ1n) is 8.67. The van der Waals surface area contributed by atoms with Crippen molar-refractivity contribution in [1.82, 2.24) is 4.57 Å². The lowest BCUT2D eigenvalue weighted by atomic mass is 10.0. The van der Waals surface area contributed by atoms with E-state index in [1.807, 2.05) is 30.3 Å². The molecule has 0 saturated carbocycles. The fraction of sp³-hybridized carbons (Fsp3) is 0.0476. The topological polar surface area (TPSA) is 87.2 Å². The van der Waals surface area contributed by atoms with Crippen molar-refractivity contribution >= 4 is 47.5 Å². The Morgan fingerprint density at radius 3 is 2.41 bits per heavy atom. The number of hydrogen-bond acceptors (Lipinski definition) is 6. The first-order chi connectivity index (χ1) is 14.1. The van der Waals surface area contributed by atoms with E-state index < -0.39 is 12.0 Å². The van der Waals surface area contributed by atoms with Gasteiger partial charge in [0.05, 0.1) is 11.1 Å². The second-order valence-electron chi connectivity index (χ2n) is 6.24. The summed E-state index contributed by atoms with van der Waals surface area (Å²) in [6.45, 7) is 0. The second-order valence-corrected chi connectivity index (χ2v) is 7.91. The van der Waals surface area contributed by atoms with Gasteiger partial charge in [-0.25, -0.2) is 4.79 Å². The van der Waals surface area contributed by atoms with Crippen LogP contribution in [0.15, 0.2) is 76.4 Å². The molecule has 1 atom stereocenters. The van der Waals surface area contributed by atoms with Crippen LogP contribution in [0.5, 0.6) is 5.88 Å². The molecule has 0 bridgehead atoms. The van der Waals surface area contributed by atoms with Crippen molar-refractivity contribution in [3.63, 3.8) is 0 Å². The van der Waals surface area contributed by atoms with E-state index in [1.165, 1.54) is 4.57 Å². The monoisotopic (exact) mass is 421 g/mol. The van der Waals surface area contributed by atoms with Crippen LogP contribution >= 0.6 is 23.6 Å². The van der Waals surface area contributed by atoms with Crippen molar-refractivity contribution in [2.45, 2.75) is 6.04 Å². The summed E-state index contributed by atoms with van der Waals surface area (Å²) in [6.07, 6.45) is 3.32. The summed E-state index contributed by atoms with van der Waals surface area (Å²) in [5, 5.41) is 28.8. The zero-order chi connectivity index (χ0) is 20.4. The highest BCUT2D eigenvalue weighted by Crippen LogP contribution is 2.34. The number of nitrogens with zero attached hydrogens (tertiary/aromatic N) is 3. The Morgan fingerprint density at radius 2 is 1.76 bits per heavy atom. The third-order valence-corrected chi connectivity index (χ3v) is 5.75. The normalized spacial score (nSPS) is 15.4. The van der Waals surface area contributed by atoms with Crippen molar-refractivity contribution in [3.8, 4) is 5.88 Å². The number of aromatic nitrogens is 1. The molecule has 0 amide bonds. The predicted molar refractivity (Wildman–Crippen MR) is 116 cm³/mol. The van der Waals surface area contributed by atoms with Gasteiger partial charge in [0, 0.05) is 11.1 Å². The van der Waals surface area contributed by atoms with E-state index in [-0.39, 0.29) is 9.83 Å². The van der Waals surface area contributed by atoms with Crippen LogP contribution in [0.2, 0.25) is 0 Å². The molecule has 1 aromatic heterocycles. The van der Waals surface area contributed by atoms with E-state index in [1.54, 1.807) is 42.6 Å². The Bertz CT molecular complexity index is 1210. The van der Waals surface area contributed by atoms with Crippen LogP contribution in [0.25, 0.3) is 6.08 Å². The van der Waals surface area contributed by atoms with Crippen LogP contribution in [0.3, 0.4) is 0 Å². The predicted octanol–water partition coefficient (Wildman–Crippen LogP) is 4.53. The maximum absolute atomic E-state index is 12.0. The Hall–Kier alpha value is -3.36. The molecule has 2 heterocycles. The van der Waals surface area contributed by atoms with Crippen molar-refractivity contribution in [2.24, 2.45) is 10.2 Å². The molecule has 0 fully saturated rings. The van der Waals surface area contributed by atoms with Gasteiger partial charge in [-0.15, -0.1) is 16.4 Å². The average Bonchev–Trinajstić information content (AvgIpc) is 3.29. The van der Waals surface area contributed by atoms with Gasteiger partial charge in [-0.1, -0.05) is 60.7 Å². The van der Waals surface area contributed by atoms with E-state index in [2.05, 4.69) is 10.2 Å². The van der Waals surface area contributed by atoms with Crippen LogP contribution in [-0.4, -0.2) is 32.7 Å². The van der Waals surface area contributed by atoms with Gasteiger partial charge in [0.2, 0.25) is 5.88 Å². The summed E-state index contributed by atoms with van der Waals surface area (Å²) in [4.78, 5) is 12.4. The highest BCUT2D eigenvalue weighted by Gasteiger charge is 2.27. The van der Waals surface area contributed by atoms with E-state index in [0.717, 1.165) is 16.9 Å². The van der Waals surface area contributed by atoms with Crippen LogP contribution in [0.1, 0.15) is 22.0 Å². The highest BCUT2D eigenvalue weighted by atomic mass is 32.1. The van der Waals surface area contributed by atoms with Crippen molar-refractivity contribution in [2.75, 3.05) is 0 Å². The molecular formula is C21H15N3O3S2. The molecule has 29 heavy (non-hydrogen) atoms. The Morgan fingerprint density at radius 1 is 1.10 bits per heavy atom. The van der Waals surface area contributed by atoms with E-state index in [0.29, 0.717) is 21.7 Å². The fourth-order valence-corrected chi connectivity index (χ4v) is 4.40. The number of benzene rings is 2. The minimum absolute atomic E-state index is 0.198. The number of carboxylic acids is 1. The van der Waals surface area contributed by atoms with Gasteiger partial charge in [0.15, 0.2) is 10.00 Å². The minimum atomic E-state index is -1.12. The molecular weight excluding hydrogens is 406 g/mol. The molecule has 144 valence electrons. The highest BCUT2D eigenvalue weighted by molar-refractivity contribution is 7.73. The quantitative estimate of drug-likeness (QED) is 0.593. The van der Waals surface area contributed by atoms with Crippen LogP contribution in [0, 0.1) is 3.95 Å². The molecule has 1 aliphatic heterocycles. The smallest absolute Gasteiger partial charge is 0.331 e. The van der Waals surface area contributed by atoms with E-state index in [4.69, 9.17) is 12.2 Å². The molecule has 6 nitrogen and oxygen atoms in total. The molecule has 1 aliphatic rings. The largest absolute Gasteiger partial charge is 0.493 e. The zero-order valence-corrected chi connectivity index (χ0v) is 16.6. The van der Waals surface area contributed by atoms with Gasteiger partial charge in [0.25, 0.3) is 0 Å². The number of carbonyl (C=O) groups is 1. The fourth-order valence-electron chi connectivity index (χ4n) is 3.09. The molecule has 2 N–H and O–H groups in total. The number of aliphatic carboxylic acids is 1. The molecule has 0 spiro atoms. The van der Waals surface area contributed by atoms with Crippen molar-refractivity contribution < 1.29 is 15.0 Å². The lowest BCUT2D eigenvalue weighted by Gasteiger charge is -2.15. The van der Waals surface area contributed by atoms with Crippen LogP contribution < -0.4 is 0 Å². The number of allylic oxidation sites excluding steroid dienone is 1. The summed E-state index contributed by atoms with van der Waals surface area (Å²) in [5.74, 6) is -1.30. The number of aromatic hydroxyl groups is 1. The summed E-state index contributed by atoms with van der Waals surface area (Å²) in [7, 11) is 0. The average molecular weight is 422 g/mol. The lowest BCUT2D eigenvalue weighted by Crippen LogP contribution is -2.20. The molecule has 1 unspecified atom stereocenters. The van der Waals surface area contributed by atoms with Gasteiger partial charge in [-0.3, -0.25) is 4.57 Å². The molecule has 2 aromatic carbocycles. The minimum Gasteiger partial charge on any atom is -0.493 e. The number of thiazole rings is 1.